The molecule has 0 saturated carbocycles. The van der Waals surface area contributed by atoms with Crippen LogP contribution < -0.4 is 0 Å². The van der Waals surface area contributed by atoms with E-state index in [4.69, 9.17) is 0 Å². The highest BCUT2D eigenvalue weighted by atomic mass is 14.3. The summed E-state index contributed by atoms with van der Waals surface area (Å²) in [4.78, 5) is 0. The molecule has 8 aromatic carbocycles. The summed E-state index contributed by atoms with van der Waals surface area (Å²) in [5.41, 5.74) is 13.6. The van der Waals surface area contributed by atoms with Gasteiger partial charge in [-0.15, -0.1) is 0 Å². The largest absolute Gasteiger partial charge is 0.0706 e. The Bertz CT molecular complexity index is 2660. The molecule has 0 bridgehead atoms. The van der Waals surface area contributed by atoms with Gasteiger partial charge in [-0.05, 0) is 117 Å². The van der Waals surface area contributed by atoms with E-state index in [1.165, 1.54) is 98.7 Å². The van der Waals surface area contributed by atoms with Crippen LogP contribution in [-0.4, -0.2) is 0 Å². The third-order valence-corrected chi connectivity index (χ3v) is 10.9. The third kappa shape index (κ3) is 4.30. The predicted octanol–water partition coefficient (Wildman–Crippen LogP) is 13.4. The monoisotopic (exact) mass is 624 g/mol. The second-order valence-corrected chi connectivity index (χ2v) is 14.6. The van der Waals surface area contributed by atoms with Crippen LogP contribution in [0.4, 0.5) is 0 Å². The van der Waals surface area contributed by atoms with Gasteiger partial charge in [0.25, 0.3) is 0 Å². The van der Waals surface area contributed by atoms with Crippen LogP contribution in [0.2, 0.25) is 0 Å². The zero-order valence-corrected chi connectivity index (χ0v) is 27.9. The van der Waals surface area contributed by atoms with Gasteiger partial charge < -0.3 is 0 Å². The van der Waals surface area contributed by atoms with Crippen molar-refractivity contribution in [2.24, 2.45) is 5.41 Å². The molecule has 2 aliphatic rings. The molecule has 0 aliphatic heterocycles. The number of hydrogen-bond donors (Lipinski definition) is 0. The SMILES string of the molecule is CC1(C)C=C(c2c3ccccc3c3c4c(cccc24)Cc2ccccc2-3)C=C(c2c3ccccc3c(-c3ccccc3)c3ccccc23)C1. The van der Waals surface area contributed by atoms with Crippen LogP contribution >= 0.6 is 0 Å². The quantitative estimate of drug-likeness (QED) is 0.172. The zero-order chi connectivity index (χ0) is 32.7. The summed E-state index contributed by atoms with van der Waals surface area (Å²) in [5.74, 6) is 0. The van der Waals surface area contributed by atoms with Gasteiger partial charge in [-0.1, -0.05) is 172 Å². The Balaban J connectivity index is 1.29. The topological polar surface area (TPSA) is 0 Å². The van der Waals surface area contributed by atoms with E-state index in [-0.39, 0.29) is 5.41 Å². The van der Waals surface area contributed by atoms with E-state index >= 15 is 0 Å². The highest BCUT2D eigenvalue weighted by Crippen LogP contribution is 2.51. The zero-order valence-electron chi connectivity index (χ0n) is 27.9. The molecule has 2 aliphatic carbocycles. The first-order chi connectivity index (χ1) is 24.1. The normalized spacial score (nSPS) is 15.0. The average Bonchev–Trinajstić information content (AvgIpc) is 3.13. The number of hydrogen-bond acceptors (Lipinski definition) is 0. The molecule has 0 atom stereocenters. The van der Waals surface area contributed by atoms with E-state index in [9.17, 15) is 0 Å². The molecule has 0 nitrogen and oxygen atoms in total. The first-order valence-electron chi connectivity index (χ1n) is 17.5. The van der Waals surface area contributed by atoms with Crippen LogP contribution in [0.1, 0.15) is 42.5 Å². The van der Waals surface area contributed by atoms with Gasteiger partial charge in [-0.25, -0.2) is 0 Å². The lowest BCUT2D eigenvalue weighted by molar-refractivity contribution is 0.495. The van der Waals surface area contributed by atoms with E-state index in [1.54, 1.807) is 0 Å². The molecule has 232 valence electrons. The minimum absolute atomic E-state index is 0.0346. The fourth-order valence-corrected chi connectivity index (χ4v) is 9.10. The number of fused-ring (bicyclic) bond motifs is 6. The summed E-state index contributed by atoms with van der Waals surface area (Å²) in [6.45, 7) is 4.82. The highest BCUT2D eigenvalue weighted by molar-refractivity contribution is 6.23. The van der Waals surface area contributed by atoms with Gasteiger partial charge in [0.1, 0.15) is 0 Å². The maximum Gasteiger partial charge on any atom is -0.00132 e. The van der Waals surface area contributed by atoms with Crippen molar-refractivity contribution in [1.29, 1.82) is 0 Å². The van der Waals surface area contributed by atoms with Crippen LogP contribution in [-0.2, 0) is 6.42 Å². The Hall–Kier alpha value is -5.72. The van der Waals surface area contributed by atoms with Crippen molar-refractivity contribution < 1.29 is 0 Å². The van der Waals surface area contributed by atoms with Crippen LogP contribution in [0.15, 0.2) is 158 Å². The van der Waals surface area contributed by atoms with Gasteiger partial charge in [0.15, 0.2) is 0 Å². The Morgan fingerprint density at radius 1 is 0.429 bits per heavy atom. The summed E-state index contributed by atoms with van der Waals surface area (Å²) < 4.78 is 0. The molecule has 49 heavy (non-hydrogen) atoms. The summed E-state index contributed by atoms with van der Waals surface area (Å²) in [7, 11) is 0. The summed E-state index contributed by atoms with van der Waals surface area (Å²) in [6.07, 6.45) is 7.03. The van der Waals surface area contributed by atoms with E-state index < -0.39 is 0 Å². The van der Waals surface area contributed by atoms with Crippen molar-refractivity contribution >= 4 is 54.2 Å². The maximum atomic E-state index is 2.55. The van der Waals surface area contributed by atoms with Crippen LogP contribution in [0.5, 0.6) is 0 Å². The van der Waals surface area contributed by atoms with E-state index in [1.807, 2.05) is 0 Å². The second kappa shape index (κ2) is 10.6. The Kier molecular flexibility index (Phi) is 6.15. The van der Waals surface area contributed by atoms with Gasteiger partial charge in [0.2, 0.25) is 0 Å². The summed E-state index contributed by atoms with van der Waals surface area (Å²) in [5, 5.41) is 10.7. The van der Waals surface area contributed by atoms with Gasteiger partial charge in [0.05, 0.1) is 0 Å². The molecule has 8 aromatic rings. The van der Waals surface area contributed by atoms with Crippen molar-refractivity contribution in [3.63, 3.8) is 0 Å². The fourth-order valence-electron chi connectivity index (χ4n) is 9.10. The lowest BCUT2D eigenvalue weighted by Crippen LogP contribution is -2.14. The van der Waals surface area contributed by atoms with Crippen LogP contribution in [0, 0.1) is 5.41 Å². The van der Waals surface area contributed by atoms with Crippen molar-refractivity contribution in [3.8, 4) is 22.3 Å². The first-order valence-corrected chi connectivity index (χ1v) is 17.5. The van der Waals surface area contributed by atoms with E-state index in [2.05, 4.69) is 172 Å². The molecule has 0 unspecified atom stereocenters. The standard InChI is InChI=1S/C49H36/c1-49(2)29-34(45-39-22-10-8-20-37(39)44(31-15-4-3-5-16-31)38-21-9-11-23-40(38)45)28-35(30-49)46-41-24-12-13-25-42(41)48-36-19-7-6-17-32(36)27-33-18-14-26-43(46)47(33)48/h3-26,28,30H,27,29H2,1-2H3. The molecule has 10 rings (SSSR count). The minimum atomic E-state index is -0.0346. The molecule has 0 saturated heterocycles. The average molecular weight is 625 g/mol. The van der Waals surface area contributed by atoms with Crippen LogP contribution in [0.25, 0.3) is 76.5 Å². The summed E-state index contributed by atoms with van der Waals surface area (Å²) in [6, 6.07) is 54.1. The highest BCUT2D eigenvalue weighted by Gasteiger charge is 2.30. The molecule has 0 radical (unpaired) electrons. The molecular weight excluding hydrogens is 589 g/mol. The minimum Gasteiger partial charge on any atom is -0.0706 e. The molecule has 0 aromatic heterocycles. The third-order valence-electron chi connectivity index (χ3n) is 10.9. The summed E-state index contributed by atoms with van der Waals surface area (Å²) >= 11 is 0. The first kappa shape index (κ1) is 28.3. The second-order valence-electron chi connectivity index (χ2n) is 14.6. The van der Waals surface area contributed by atoms with E-state index in [0.717, 1.165) is 12.8 Å². The van der Waals surface area contributed by atoms with Gasteiger partial charge >= 0.3 is 0 Å². The van der Waals surface area contributed by atoms with Gasteiger partial charge in [-0.2, -0.15) is 0 Å². The molecule has 0 N–H and O–H groups in total. The van der Waals surface area contributed by atoms with Crippen molar-refractivity contribution in [2.45, 2.75) is 26.7 Å². The van der Waals surface area contributed by atoms with Gasteiger partial charge in [-0.3, -0.25) is 0 Å². The maximum absolute atomic E-state index is 2.55. The molecule has 0 fully saturated rings. The Morgan fingerprint density at radius 2 is 0.939 bits per heavy atom. The predicted molar refractivity (Wildman–Crippen MR) is 211 cm³/mol. The van der Waals surface area contributed by atoms with Crippen molar-refractivity contribution in [2.75, 3.05) is 0 Å². The number of rotatable bonds is 3. The smallest absolute Gasteiger partial charge is 0.00132 e. The molecule has 0 heteroatoms. The Morgan fingerprint density at radius 3 is 1.61 bits per heavy atom. The lowest BCUT2D eigenvalue weighted by atomic mass is 9.72. The number of allylic oxidation sites excluding steroid dienone is 4. The molecular formula is C49H36. The molecule has 0 heterocycles. The fraction of sp³-hybridized carbons (Fsp3) is 0.102. The lowest BCUT2D eigenvalue weighted by Gasteiger charge is -2.31. The van der Waals surface area contributed by atoms with Gasteiger partial charge in [0, 0.05) is 0 Å². The Labute approximate surface area is 287 Å². The van der Waals surface area contributed by atoms with Crippen molar-refractivity contribution in [1.82, 2.24) is 0 Å². The number of benzene rings is 8. The van der Waals surface area contributed by atoms with Crippen molar-refractivity contribution in [3.05, 3.63) is 180 Å². The molecule has 0 spiro atoms. The van der Waals surface area contributed by atoms with E-state index in [0.29, 0.717) is 0 Å². The molecule has 0 amide bonds. The van der Waals surface area contributed by atoms with Crippen LogP contribution in [0.3, 0.4) is 0 Å².